The van der Waals surface area contributed by atoms with E-state index in [0.29, 0.717) is 19.3 Å². The summed E-state index contributed by atoms with van der Waals surface area (Å²) in [5.41, 5.74) is -1.70. The molecule has 3 saturated carbocycles. The van der Waals surface area contributed by atoms with Crippen molar-refractivity contribution in [3.8, 4) is 0 Å². The molecular weight excluding hydrogens is 416 g/mol. The predicted molar refractivity (Wildman–Crippen MR) is 104 cm³/mol. The molecule has 0 unspecified atom stereocenters. The first-order chi connectivity index (χ1) is 13.7. The molecular formula is C18H28N4O7S. The Hall–Kier alpha value is -2.08. The number of nitrogens with zero attached hydrogens (tertiary/aromatic N) is 3. The average molecular weight is 445 g/mol. The molecule has 0 aromatic carbocycles. The van der Waals surface area contributed by atoms with Gasteiger partial charge in [-0.25, -0.2) is 27.5 Å². The number of amides is 3. The van der Waals surface area contributed by atoms with Crippen molar-refractivity contribution >= 4 is 28.1 Å². The van der Waals surface area contributed by atoms with Gasteiger partial charge in [0.25, 0.3) is 0 Å². The van der Waals surface area contributed by atoms with E-state index in [9.17, 15) is 27.9 Å². The van der Waals surface area contributed by atoms with Gasteiger partial charge in [0.05, 0.1) is 17.8 Å². The van der Waals surface area contributed by atoms with Gasteiger partial charge < -0.3 is 19.6 Å². The highest BCUT2D eigenvalue weighted by Gasteiger charge is 2.74. The number of carboxylic acids is 1. The lowest BCUT2D eigenvalue weighted by molar-refractivity contribution is -0.150. The van der Waals surface area contributed by atoms with Crippen LogP contribution in [0.5, 0.6) is 0 Å². The summed E-state index contributed by atoms with van der Waals surface area (Å²) in [6.45, 7) is 5.62. The maximum atomic E-state index is 13.1. The summed E-state index contributed by atoms with van der Waals surface area (Å²) in [6, 6.07) is -2.12. The minimum Gasteiger partial charge on any atom is -0.480 e. The Labute approximate surface area is 175 Å². The molecule has 30 heavy (non-hydrogen) atoms. The first kappa shape index (κ1) is 21.2. The average Bonchev–Trinajstić information content (AvgIpc) is 2.82. The summed E-state index contributed by atoms with van der Waals surface area (Å²) >= 11 is 0. The maximum Gasteiger partial charge on any atom is 0.411 e. The first-order valence-corrected chi connectivity index (χ1v) is 11.8. The largest absolute Gasteiger partial charge is 0.480 e. The molecule has 0 aromatic rings. The van der Waals surface area contributed by atoms with Gasteiger partial charge in [-0.1, -0.05) is 0 Å². The SMILES string of the molecule is CC(C)(C)OC(=O)N1CCN2C(=O)N(C34CC(NS(C)(=O)=O)(C3)C4)C[C@@H]2[C@H]1C(=O)O. The molecule has 3 aliphatic carbocycles. The van der Waals surface area contributed by atoms with Gasteiger partial charge in [-0.05, 0) is 40.0 Å². The fraction of sp³-hybridized carbons (Fsp3) is 0.833. The molecule has 3 amide bonds. The van der Waals surface area contributed by atoms with Crippen LogP contribution in [0.1, 0.15) is 40.0 Å². The van der Waals surface area contributed by atoms with Crippen molar-refractivity contribution in [2.24, 2.45) is 0 Å². The fourth-order valence-electron chi connectivity index (χ4n) is 5.50. The highest BCUT2D eigenvalue weighted by Crippen LogP contribution is 2.64. The number of carbonyl (C=O) groups is 3. The lowest BCUT2D eigenvalue weighted by Crippen LogP contribution is -2.83. The lowest BCUT2D eigenvalue weighted by Gasteiger charge is -2.72. The van der Waals surface area contributed by atoms with E-state index in [2.05, 4.69) is 4.72 Å². The number of piperazine rings is 1. The summed E-state index contributed by atoms with van der Waals surface area (Å²) in [5.74, 6) is -1.18. The van der Waals surface area contributed by atoms with Crippen molar-refractivity contribution in [1.82, 2.24) is 19.4 Å². The number of rotatable bonds is 4. The zero-order valence-electron chi connectivity index (χ0n) is 17.5. The van der Waals surface area contributed by atoms with Crippen LogP contribution in [-0.2, 0) is 19.6 Å². The number of urea groups is 1. The second-order valence-corrected chi connectivity index (χ2v) is 11.8. The Bertz CT molecular complexity index is 892. The molecule has 2 aliphatic heterocycles. The van der Waals surface area contributed by atoms with Crippen LogP contribution in [0.2, 0.25) is 0 Å². The third-order valence-corrected chi connectivity index (χ3v) is 7.19. The minimum absolute atomic E-state index is 0.0779. The van der Waals surface area contributed by atoms with Gasteiger partial charge in [-0.15, -0.1) is 0 Å². The number of hydrogen-bond donors (Lipinski definition) is 2. The Morgan fingerprint density at radius 2 is 1.80 bits per heavy atom. The number of nitrogens with one attached hydrogen (secondary N) is 1. The topological polar surface area (TPSA) is 137 Å². The van der Waals surface area contributed by atoms with Crippen molar-refractivity contribution in [3.63, 3.8) is 0 Å². The Kier molecular flexibility index (Phi) is 4.39. The van der Waals surface area contributed by atoms with Crippen LogP contribution in [-0.4, -0.2) is 101 Å². The van der Waals surface area contributed by atoms with Gasteiger partial charge in [-0.3, -0.25) is 4.90 Å². The molecule has 2 saturated heterocycles. The van der Waals surface area contributed by atoms with E-state index in [1.54, 1.807) is 25.7 Å². The van der Waals surface area contributed by atoms with Crippen LogP contribution < -0.4 is 4.72 Å². The van der Waals surface area contributed by atoms with E-state index in [1.807, 2.05) is 0 Å². The second-order valence-electron chi connectivity index (χ2n) is 10.0. The molecule has 2 bridgehead atoms. The zero-order valence-corrected chi connectivity index (χ0v) is 18.4. The van der Waals surface area contributed by atoms with E-state index in [0.717, 1.165) is 6.26 Å². The van der Waals surface area contributed by atoms with E-state index >= 15 is 0 Å². The van der Waals surface area contributed by atoms with E-state index in [1.165, 1.54) is 9.80 Å². The molecule has 2 atom stereocenters. The highest BCUT2D eigenvalue weighted by molar-refractivity contribution is 7.88. The fourth-order valence-corrected chi connectivity index (χ4v) is 6.50. The molecule has 0 aromatic heterocycles. The number of fused-ring (bicyclic) bond motifs is 1. The zero-order chi connectivity index (χ0) is 22.3. The molecule has 0 spiro atoms. The molecule has 5 aliphatic rings. The monoisotopic (exact) mass is 444 g/mol. The number of sulfonamides is 1. The third kappa shape index (κ3) is 3.29. The number of ether oxygens (including phenoxy) is 1. The summed E-state index contributed by atoms with van der Waals surface area (Å²) in [6.07, 6.45) is 1.97. The summed E-state index contributed by atoms with van der Waals surface area (Å²) in [4.78, 5) is 42.1. The van der Waals surface area contributed by atoms with Gasteiger partial charge in [0, 0.05) is 25.2 Å². The number of carboxylic acid groups (broad SMARTS) is 1. The second kappa shape index (κ2) is 6.22. The van der Waals surface area contributed by atoms with Crippen LogP contribution >= 0.6 is 0 Å². The van der Waals surface area contributed by atoms with Crippen molar-refractivity contribution in [2.75, 3.05) is 25.9 Å². The highest BCUT2D eigenvalue weighted by atomic mass is 32.2. The first-order valence-electron chi connectivity index (χ1n) is 9.95. The van der Waals surface area contributed by atoms with E-state index in [4.69, 9.17) is 4.74 Å². The van der Waals surface area contributed by atoms with Crippen molar-refractivity contribution in [2.45, 2.75) is 68.8 Å². The summed E-state index contributed by atoms with van der Waals surface area (Å²) in [5, 5.41) is 9.85. The lowest BCUT2D eigenvalue weighted by atomic mass is 9.44. The van der Waals surface area contributed by atoms with E-state index in [-0.39, 0.29) is 25.7 Å². The van der Waals surface area contributed by atoms with Crippen LogP contribution in [0.25, 0.3) is 0 Å². The standard InChI is InChI=1S/C18H28N4O7S/c1-16(2,3)29-15(26)21-6-5-20-11(12(21)13(23)24)7-22(14(20)25)18-8-17(9-18,10-18)19-30(4,27)28/h11-12,19H,5-10H2,1-4H3,(H,23,24)/t11-,12+,17?,18?/m1/s1. The van der Waals surface area contributed by atoms with Crippen molar-refractivity contribution in [3.05, 3.63) is 0 Å². The maximum absolute atomic E-state index is 13.1. The molecule has 5 fully saturated rings. The van der Waals surface area contributed by atoms with Gasteiger partial charge in [-0.2, -0.15) is 0 Å². The molecule has 2 N–H and O–H groups in total. The van der Waals surface area contributed by atoms with Crippen LogP contribution in [0.4, 0.5) is 9.59 Å². The Morgan fingerprint density at radius 3 is 2.30 bits per heavy atom. The van der Waals surface area contributed by atoms with Crippen LogP contribution in [0, 0.1) is 0 Å². The van der Waals surface area contributed by atoms with Gasteiger partial charge in [0.15, 0.2) is 6.04 Å². The number of hydrogen-bond acceptors (Lipinski definition) is 6. The molecule has 12 heteroatoms. The number of aliphatic carboxylic acids is 1. The van der Waals surface area contributed by atoms with Crippen molar-refractivity contribution in [1.29, 1.82) is 0 Å². The summed E-state index contributed by atoms with van der Waals surface area (Å²) in [7, 11) is -3.34. The molecule has 168 valence electrons. The van der Waals surface area contributed by atoms with Gasteiger partial charge in [0.1, 0.15) is 5.60 Å². The quantitative estimate of drug-likeness (QED) is 0.624. The molecule has 11 nitrogen and oxygen atoms in total. The Balaban J connectivity index is 1.50. The Morgan fingerprint density at radius 1 is 1.20 bits per heavy atom. The van der Waals surface area contributed by atoms with Crippen molar-refractivity contribution < 1.29 is 32.6 Å². The third-order valence-electron chi connectivity index (χ3n) is 6.39. The molecule has 5 rings (SSSR count). The number of carbonyl (C=O) groups excluding carboxylic acids is 2. The molecule has 0 radical (unpaired) electrons. The van der Waals surface area contributed by atoms with Gasteiger partial charge in [0.2, 0.25) is 10.0 Å². The van der Waals surface area contributed by atoms with Crippen LogP contribution in [0.15, 0.2) is 0 Å². The van der Waals surface area contributed by atoms with Crippen LogP contribution in [0.3, 0.4) is 0 Å². The minimum atomic E-state index is -3.34. The predicted octanol–water partition coefficient (Wildman–Crippen LogP) is 0.0208. The normalized spacial score (nSPS) is 35.5. The van der Waals surface area contributed by atoms with E-state index < -0.39 is 50.8 Å². The summed E-state index contributed by atoms with van der Waals surface area (Å²) < 4.78 is 31.1. The smallest absolute Gasteiger partial charge is 0.411 e. The molecule has 2 heterocycles. The van der Waals surface area contributed by atoms with Gasteiger partial charge >= 0.3 is 18.1 Å².